The third-order valence-electron chi connectivity index (χ3n) is 4.05. The summed E-state index contributed by atoms with van der Waals surface area (Å²) in [5, 5.41) is 0. The van der Waals surface area contributed by atoms with Crippen molar-refractivity contribution in [1.82, 2.24) is 0 Å². The summed E-state index contributed by atoms with van der Waals surface area (Å²) in [6.45, 7) is 10.5. The number of hydrogen-bond acceptors (Lipinski definition) is 0. The lowest BCUT2D eigenvalue weighted by Crippen LogP contribution is -2.25. The van der Waals surface area contributed by atoms with Gasteiger partial charge in [0.2, 0.25) is 0 Å². The van der Waals surface area contributed by atoms with Gasteiger partial charge in [-0.15, -0.1) is 0 Å². The van der Waals surface area contributed by atoms with Crippen molar-refractivity contribution in [3.63, 3.8) is 0 Å². The second-order valence-corrected chi connectivity index (χ2v) is 5.93. The van der Waals surface area contributed by atoms with Crippen molar-refractivity contribution in [2.75, 3.05) is 0 Å². The van der Waals surface area contributed by atoms with E-state index in [2.05, 4.69) is 112 Å². The molecule has 0 heterocycles. The van der Waals surface area contributed by atoms with Gasteiger partial charge in [0, 0.05) is 5.41 Å². The van der Waals surface area contributed by atoms with Crippen LogP contribution in [0, 0.1) is 0 Å². The molecule has 0 spiro atoms. The zero-order valence-corrected chi connectivity index (χ0v) is 16.4. The number of hydrogen-bond donors (Lipinski definition) is 0. The summed E-state index contributed by atoms with van der Waals surface area (Å²) in [5.74, 6) is 0. The minimum atomic E-state index is -0.121. The van der Waals surface area contributed by atoms with Crippen molar-refractivity contribution < 1.29 is 0 Å². The van der Waals surface area contributed by atoms with E-state index in [1.807, 2.05) is 13.8 Å². The third kappa shape index (κ3) is 5.32. The fraction of sp³-hybridized carbons (Fsp3) is 0.280. The lowest BCUT2D eigenvalue weighted by molar-refractivity contribution is 0.692. The van der Waals surface area contributed by atoms with Gasteiger partial charge in [0.15, 0.2) is 0 Å². The summed E-state index contributed by atoms with van der Waals surface area (Å²) in [5.41, 5.74) is 3.83. The first kappa shape index (κ1) is 20.7. The van der Waals surface area contributed by atoms with E-state index in [-0.39, 0.29) is 5.41 Å². The average Bonchev–Trinajstić information content (AvgIpc) is 2.71. The van der Waals surface area contributed by atoms with Crippen LogP contribution >= 0.6 is 0 Å². The molecule has 0 aliphatic rings. The van der Waals surface area contributed by atoms with E-state index in [0.29, 0.717) is 0 Å². The number of rotatable bonds is 3. The number of benzene rings is 3. The van der Waals surface area contributed by atoms with Gasteiger partial charge in [-0.2, -0.15) is 0 Å². The molecule has 0 atom stereocenters. The third-order valence-corrected chi connectivity index (χ3v) is 4.05. The van der Waals surface area contributed by atoms with Gasteiger partial charge in [0.05, 0.1) is 0 Å². The molecule has 0 nitrogen and oxygen atoms in total. The maximum atomic E-state index is 2.30. The summed E-state index contributed by atoms with van der Waals surface area (Å²) in [7, 11) is 0. The average molecular weight is 333 g/mol. The van der Waals surface area contributed by atoms with E-state index in [1.54, 1.807) is 0 Å². The van der Waals surface area contributed by atoms with E-state index in [4.69, 9.17) is 0 Å². The Morgan fingerprint density at radius 2 is 0.720 bits per heavy atom. The van der Waals surface area contributed by atoms with Crippen molar-refractivity contribution in [2.45, 2.75) is 46.5 Å². The molecule has 0 saturated carbocycles. The highest BCUT2D eigenvalue weighted by Gasteiger charge is 2.30. The molecule has 3 aromatic rings. The summed E-state index contributed by atoms with van der Waals surface area (Å²) in [6, 6.07) is 32.1. The van der Waals surface area contributed by atoms with E-state index >= 15 is 0 Å². The quantitative estimate of drug-likeness (QED) is 0.436. The van der Waals surface area contributed by atoms with Crippen LogP contribution in [0.5, 0.6) is 0 Å². The highest BCUT2D eigenvalue weighted by Crippen LogP contribution is 2.38. The van der Waals surface area contributed by atoms with Gasteiger partial charge < -0.3 is 0 Å². The Kier molecular flexibility index (Phi) is 9.32. The maximum Gasteiger partial charge on any atom is 0.0423 e. The van der Waals surface area contributed by atoms with Gasteiger partial charge in [-0.1, -0.05) is 125 Å². The van der Waals surface area contributed by atoms with Crippen LogP contribution in [0.4, 0.5) is 0 Å². The normalized spacial score (nSPS) is 9.96. The Hall–Kier alpha value is -2.34. The van der Waals surface area contributed by atoms with Gasteiger partial charge in [0.1, 0.15) is 0 Å². The van der Waals surface area contributed by atoms with Gasteiger partial charge >= 0.3 is 0 Å². The van der Waals surface area contributed by atoms with Crippen LogP contribution in [0.1, 0.15) is 57.7 Å². The highest BCUT2D eigenvalue weighted by atomic mass is 14.3. The minimum absolute atomic E-state index is 0.121. The molecule has 0 aliphatic heterocycles. The lowest BCUT2D eigenvalue weighted by Gasteiger charge is -2.31. The fourth-order valence-electron chi connectivity index (χ4n) is 2.81. The van der Waals surface area contributed by atoms with Crippen molar-refractivity contribution in [2.24, 2.45) is 0 Å². The first-order valence-electron chi connectivity index (χ1n) is 9.40. The second-order valence-electron chi connectivity index (χ2n) is 5.93. The van der Waals surface area contributed by atoms with Crippen LogP contribution in [-0.2, 0) is 5.41 Å². The summed E-state index contributed by atoms with van der Waals surface area (Å²) in [4.78, 5) is 0. The molecule has 0 bridgehead atoms. The predicted molar refractivity (Wildman–Crippen MR) is 112 cm³/mol. The van der Waals surface area contributed by atoms with Gasteiger partial charge in [-0.3, -0.25) is 0 Å². The van der Waals surface area contributed by atoms with Crippen LogP contribution < -0.4 is 0 Å². The highest BCUT2D eigenvalue weighted by molar-refractivity contribution is 5.49. The molecule has 0 N–H and O–H groups in total. The zero-order valence-electron chi connectivity index (χ0n) is 16.4. The Morgan fingerprint density at radius 1 is 0.520 bits per heavy atom. The van der Waals surface area contributed by atoms with Crippen molar-refractivity contribution in [3.05, 3.63) is 108 Å². The molecule has 25 heavy (non-hydrogen) atoms. The molecule has 3 aromatic carbocycles. The Bertz CT molecular complexity index is 572. The van der Waals surface area contributed by atoms with Crippen molar-refractivity contribution in [1.29, 1.82) is 0 Å². The largest absolute Gasteiger partial charge is 0.0683 e. The Balaban J connectivity index is 0.000000567. The molecule has 3 rings (SSSR count). The molecular formula is C25H32. The Labute approximate surface area is 154 Å². The first-order valence-corrected chi connectivity index (χ1v) is 9.40. The van der Waals surface area contributed by atoms with E-state index < -0.39 is 0 Å². The Morgan fingerprint density at radius 3 is 0.920 bits per heavy atom. The van der Waals surface area contributed by atoms with E-state index in [9.17, 15) is 0 Å². The van der Waals surface area contributed by atoms with Crippen LogP contribution in [0.25, 0.3) is 0 Å². The summed E-state index contributed by atoms with van der Waals surface area (Å²) >= 11 is 0. The standard InChI is InChI=1S/C20H18.C3H8.C2H6/c1-20(17-11-5-2-6-12-17,18-13-7-3-8-14-18)19-15-9-4-10-16-19;1-3-2;1-2/h2-16H,1H3;3H2,1-2H3;1-2H3. The van der Waals surface area contributed by atoms with Crippen molar-refractivity contribution in [3.8, 4) is 0 Å². The predicted octanol–water partition coefficient (Wildman–Crippen LogP) is 7.48. The van der Waals surface area contributed by atoms with E-state index in [0.717, 1.165) is 0 Å². The van der Waals surface area contributed by atoms with Gasteiger partial charge in [0.25, 0.3) is 0 Å². The molecule has 0 aliphatic carbocycles. The first-order chi connectivity index (χ1) is 12.2. The SMILES string of the molecule is CC.CC(c1ccccc1)(c1ccccc1)c1ccccc1.CCC. The molecule has 0 aromatic heterocycles. The molecule has 0 radical (unpaired) electrons. The summed E-state index contributed by atoms with van der Waals surface area (Å²) < 4.78 is 0. The molecule has 0 amide bonds. The molecule has 132 valence electrons. The molecule has 0 saturated heterocycles. The van der Waals surface area contributed by atoms with Gasteiger partial charge in [-0.05, 0) is 23.6 Å². The van der Waals surface area contributed by atoms with Crippen molar-refractivity contribution >= 4 is 0 Å². The molecular weight excluding hydrogens is 300 g/mol. The molecule has 0 unspecified atom stereocenters. The second kappa shape index (κ2) is 11.3. The van der Waals surface area contributed by atoms with Crippen LogP contribution in [-0.4, -0.2) is 0 Å². The van der Waals surface area contributed by atoms with Gasteiger partial charge in [-0.25, -0.2) is 0 Å². The molecule has 0 heteroatoms. The summed E-state index contributed by atoms with van der Waals surface area (Å²) in [6.07, 6.45) is 1.25. The molecule has 0 fully saturated rings. The van der Waals surface area contributed by atoms with Crippen LogP contribution in [0.2, 0.25) is 0 Å². The smallest absolute Gasteiger partial charge is 0.0423 e. The maximum absolute atomic E-state index is 2.30. The van der Waals surface area contributed by atoms with Crippen LogP contribution in [0.15, 0.2) is 91.0 Å². The fourth-order valence-corrected chi connectivity index (χ4v) is 2.81. The van der Waals surface area contributed by atoms with Crippen LogP contribution in [0.3, 0.4) is 0 Å². The van der Waals surface area contributed by atoms with E-state index in [1.165, 1.54) is 23.1 Å². The minimum Gasteiger partial charge on any atom is -0.0683 e. The zero-order chi connectivity index (χ0) is 18.5. The topological polar surface area (TPSA) is 0 Å². The monoisotopic (exact) mass is 332 g/mol. The lowest BCUT2D eigenvalue weighted by atomic mass is 9.71.